The highest BCUT2D eigenvalue weighted by Gasteiger charge is 1.88. The predicted octanol–water partition coefficient (Wildman–Crippen LogP) is 0.974. The molecule has 0 unspecified atom stereocenters. The van der Waals surface area contributed by atoms with E-state index in [1.165, 1.54) is 0 Å². The van der Waals surface area contributed by atoms with Crippen LogP contribution in [0.2, 0.25) is 0 Å². The third-order valence-corrected chi connectivity index (χ3v) is 1.05. The molecule has 0 atom stereocenters. The summed E-state index contributed by atoms with van der Waals surface area (Å²) in [7, 11) is 0. The van der Waals surface area contributed by atoms with Gasteiger partial charge >= 0.3 is 0 Å². The van der Waals surface area contributed by atoms with E-state index in [1.807, 2.05) is 12.2 Å². The SMILES string of the molecule is [O]CC1=CNC=CC=C1. The highest BCUT2D eigenvalue weighted by atomic mass is 16.3. The first kappa shape index (κ1) is 6.11. The van der Waals surface area contributed by atoms with Crippen LogP contribution in [0.1, 0.15) is 0 Å². The van der Waals surface area contributed by atoms with Gasteiger partial charge < -0.3 is 5.32 Å². The summed E-state index contributed by atoms with van der Waals surface area (Å²) < 4.78 is 0. The smallest absolute Gasteiger partial charge is 0.109 e. The third-order valence-electron chi connectivity index (χ3n) is 1.05. The molecule has 0 aliphatic carbocycles. The van der Waals surface area contributed by atoms with Crippen LogP contribution in [0.3, 0.4) is 0 Å². The number of allylic oxidation sites excluding steroid dienone is 2. The molecule has 2 heteroatoms. The average Bonchev–Trinajstić information content (AvgIpc) is 2.13. The van der Waals surface area contributed by atoms with E-state index in [0.29, 0.717) is 0 Å². The largest absolute Gasteiger partial charge is 0.367 e. The van der Waals surface area contributed by atoms with Crippen molar-refractivity contribution in [3.05, 3.63) is 36.2 Å². The first-order valence-electron chi connectivity index (χ1n) is 2.80. The summed E-state index contributed by atoms with van der Waals surface area (Å²) >= 11 is 0. The van der Waals surface area contributed by atoms with E-state index in [-0.39, 0.29) is 6.61 Å². The zero-order valence-electron chi connectivity index (χ0n) is 5.00. The summed E-state index contributed by atoms with van der Waals surface area (Å²) in [5.41, 5.74) is 0.778. The minimum absolute atomic E-state index is 0.162. The van der Waals surface area contributed by atoms with E-state index in [4.69, 9.17) is 0 Å². The molecule has 1 rings (SSSR count). The van der Waals surface area contributed by atoms with Gasteiger partial charge in [0.05, 0.1) is 0 Å². The van der Waals surface area contributed by atoms with Gasteiger partial charge in [-0.25, -0.2) is 5.11 Å². The molecule has 47 valence electrons. The molecule has 0 saturated carbocycles. The van der Waals surface area contributed by atoms with Gasteiger partial charge in [0.1, 0.15) is 6.61 Å². The Kier molecular flexibility index (Phi) is 2.10. The van der Waals surface area contributed by atoms with Crippen LogP contribution in [0, 0.1) is 0 Å². The zero-order chi connectivity index (χ0) is 6.53. The van der Waals surface area contributed by atoms with Crippen molar-refractivity contribution < 1.29 is 5.11 Å². The van der Waals surface area contributed by atoms with E-state index in [9.17, 15) is 5.11 Å². The van der Waals surface area contributed by atoms with Gasteiger partial charge in [0.2, 0.25) is 0 Å². The van der Waals surface area contributed by atoms with Crippen LogP contribution in [0.15, 0.2) is 36.2 Å². The van der Waals surface area contributed by atoms with E-state index >= 15 is 0 Å². The topological polar surface area (TPSA) is 31.9 Å². The number of hydrogen-bond donors (Lipinski definition) is 1. The second-order valence-corrected chi connectivity index (χ2v) is 1.75. The fraction of sp³-hybridized carbons (Fsp3) is 0.143. The van der Waals surface area contributed by atoms with Crippen LogP contribution in [-0.4, -0.2) is 6.61 Å². The lowest BCUT2D eigenvalue weighted by atomic mass is 10.3. The quantitative estimate of drug-likeness (QED) is 0.552. The molecule has 0 aromatic carbocycles. The van der Waals surface area contributed by atoms with Gasteiger partial charge in [-0.05, 0) is 11.6 Å². The summed E-state index contributed by atoms with van der Waals surface area (Å²) in [6.07, 6.45) is 8.96. The van der Waals surface area contributed by atoms with Crippen LogP contribution in [0.25, 0.3) is 0 Å². The molecule has 9 heavy (non-hydrogen) atoms. The molecular weight excluding hydrogens is 114 g/mol. The maximum atomic E-state index is 10.3. The fourth-order valence-electron chi connectivity index (χ4n) is 0.583. The number of nitrogens with one attached hydrogen (secondary N) is 1. The normalized spacial score (nSPS) is 16.3. The molecular formula is C7H8NO. The van der Waals surface area contributed by atoms with E-state index in [0.717, 1.165) is 5.57 Å². The highest BCUT2D eigenvalue weighted by molar-refractivity contribution is 5.24. The fourth-order valence-corrected chi connectivity index (χ4v) is 0.583. The molecule has 0 saturated heterocycles. The molecule has 0 fully saturated rings. The van der Waals surface area contributed by atoms with Gasteiger partial charge in [-0.15, -0.1) is 0 Å². The van der Waals surface area contributed by atoms with Gasteiger partial charge in [0.15, 0.2) is 0 Å². The van der Waals surface area contributed by atoms with E-state index < -0.39 is 0 Å². The second kappa shape index (κ2) is 3.10. The molecule has 0 amide bonds. The van der Waals surface area contributed by atoms with Crippen LogP contribution >= 0.6 is 0 Å². The second-order valence-electron chi connectivity index (χ2n) is 1.75. The van der Waals surface area contributed by atoms with Crippen LogP contribution in [0.5, 0.6) is 0 Å². The maximum Gasteiger partial charge on any atom is 0.109 e. The van der Waals surface area contributed by atoms with Gasteiger partial charge in [0.25, 0.3) is 0 Å². The minimum Gasteiger partial charge on any atom is -0.367 e. The Morgan fingerprint density at radius 1 is 1.44 bits per heavy atom. The minimum atomic E-state index is -0.162. The summed E-state index contributed by atoms with van der Waals surface area (Å²) in [5, 5.41) is 13.1. The molecule has 1 aliphatic heterocycles. The lowest BCUT2D eigenvalue weighted by Crippen LogP contribution is -1.94. The molecule has 2 nitrogen and oxygen atoms in total. The monoisotopic (exact) mass is 122 g/mol. The van der Waals surface area contributed by atoms with Gasteiger partial charge in [-0.3, -0.25) is 0 Å². The zero-order valence-corrected chi connectivity index (χ0v) is 5.00. The Hall–Kier alpha value is -1.02. The highest BCUT2D eigenvalue weighted by Crippen LogP contribution is 1.96. The maximum absolute atomic E-state index is 10.3. The van der Waals surface area contributed by atoms with Crippen molar-refractivity contribution in [3.8, 4) is 0 Å². The Morgan fingerprint density at radius 3 is 3.11 bits per heavy atom. The molecule has 1 N–H and O–H groups in total. The Labute approximate surface area is 54.2 Å². The number of hydrogen-bond acceptors (Lipinski definition) is 1. The molecule has 0 bridgehead atoms. The third kappa shape index (κ3) is 1.74. The average molecular weight is 122 g/mol. The van der Waals surface area contributed by atoms with E-state index in [1.54, 1.807) is 18.5 Å². The first-order chi connectivity index (χ1) is 4.43. The summed E-state index contributed by atoms with van der Waals surface area (Å²) in [6, 6.07) is 0. The Morgan fingerprint density at radius 2 is 2.33 bits per heavy atom. The van der Waals surface area contributed by atoms with Gasteiger partial charge in [-0.1, -0.05) is 12.2 Å². The van der Waals surface area contributed by atoms with Crippen LogP contribution in [0.4, 0.5) is 0 Å². The first-order valence-corrected chi connectivity index (χ1v) is 2.80. The molecule has 0 spiro atoms. The Bertz CT molecular complexity index is 168. The van der Waals surface area contributed by atoms with Crippen molar-refractivity contribution >= 4 is 0 Å². The number of rotatable bonds is 1. The van der Waals surface area contributed by atoms with Crippen LogP contribution in [-0.2, 0) is 5.11 Å². The molecule has 1 heterocycles. The van der Waals surface area contributed by atoms with Crippen molar-refractivity contribution in [2.75, 3.05) is 6.61 Å². The van der Waals surface area contributed by atoms with Crippen molar-refractivity contribution in [1.82, 2.24) is 5.32 Å². The summed E-state index contributed by atoms with van der Waals surface area (Å²) in [4.78, 5) is 0. The van der Waals surface area contributed by atoms with Crippen molar-refractivity contribution in [2.24, 2.45) is 0 Å². The summed E-state index contributed by atoms with van der Waals surface area (Å²) in [6.45, 7) is -0.162. The van der Waals surface area contributed by atoms with Crippen LogP contribution < -0.4 is 5.32 Å². The molecule has 0 aromatic rings. The van der Waals surface area contributed by atoms with E-state index in [2.05, 4.69) is 5.32 Å². The molecule has 1 radical (unpaired) electrons. The molecule has 0 aromatic heterocycles. The lowest BCUT2D eigenvalue weighted by molar-refractivity contribution is 0.226. The standard InChI is InChI=1S/C7H8NO/c9-6-7-3-1-2-4-8-5-7/h1-5,8H,6H2. The predicted molar refractivity (Wildman–Crippen MR) is 35.1 cm³/mol. The van der Waals surface area contributed by atoms with Crippen molar-refractivity contribution in [2.45, 2.75) is 0 Å². The summed E-state index contributed by atoms with van der Waals surface area (Å²) in [5.74, 6) is 0. The lowest BCUT2D eigenvalue weighted by Gasteiger charge is -1.90. The van der Waals surface area contributed by atoms with Crippen molar-refractivity contribution in [3.63, 3.8) is 0 Å². The van der Waals surface area contributed by atoms with Gasteiger partial charge in [0, 0.05) is 12.4 Å². The molecule has 1 aliphatic rings. The van der Waals surface area contributed by atoms with Crippen molar-refractivity contribution in [1.29, 1.82) is 0 Å². The Balaban J connectivity index is 2.63. The van der Waals surface area contributed by atoms with Gasteiger partial charge in [-0.2, -0.15) is 0 Å².